The quantitative estimate of drug-likeness (QED) is 0.450. The third-order valence-electron chi connectivity index (χ3n) is 5.85. The Balaban J connectivity index is 1.83. The highest BCUT2D eigenvalue weighted by Crippen LogP contribution is 2.30. The number of nitrogens with one attached hydrogen (secondary N) is 1. The summed E-state index contributed by atoms with van der Waals surface area (Å²) < 4.78 is 35.5. The molecule has 0 fully saturated rings. The smallest absolute Gasteiger partial charge is 0.335 e. The van der Waals surface area contributed by atoms with Crippen molar-refractivity contribution in [2.75, 3.05) is 30.3 Å². The molecule has 0 aliphatic carbocycles. The van der Waals surface area contributed by atoms with E-state index in [1.165, 1.54) is 36.9 Å². The van der Waals surface area contributed by atoms with Crippen molar-refractivity contribution >= 4 is 27.4 Å². The van der Waals surface area contributed by atoms with Crippen LogP contribution in [0.2, 0.25) is 0 Å². The lowest BCUT2D eigenvalue weighted by Gasteiger charge is -2.23. The minimum Gasteiger partial charge on any atom is -0.497 e. The van der Waals surface area contributed by atoms with Gasteiger partial charge in [0.1, 0.15) is 5.75 Å². The summed E-state index contributed by atoms with van der Waals surface area (Å²) in [7, 11) is 1.32. The minimum absolute atomic E-state index is 0.00816. The van der Waals surface area contributed by atoms with Crippen LogP contribution in [0.5, 0.6) is 5.75 Å². The van der Waals surface area contributed by atoms with E-state index < -0.39 is 16.0 Å². The Morgan fingerprint density at radius 1 is 1.18 bits per heavy atom. The summed E-state index contributed by atoms with van der Waals surface area (Å²) in [6.07, 6.45) is 1.64. The minimum atomic E-state index is -3.94. The van der Waals surface area contributed by atoms with Crippen LogP contribution in [0.3, 0.4) is 0 Å². The first-order valence-electron chi connectivity index (χ1n) is 10.8. The molecule has 0 radical (unpaired) electrons. The topological polar surface area (TPSA) is 114 Å². The molecule has 0 spiro atoms. The van der Waals surface area contributed by atoms with Crippen molar-refractivity contribution < 1.29 is 23.1 Å². The highest BCUT2D eigenvalue weighted by Gasteiger charge is 2.20. The molecule has 34 heavy (non-hydrogen) atoms. The summed E-state index contributed by atoms with van der Waals surface area (Å²) in [5.41, 5.74) is 4.11. The van der Waals surface area contributed by atoms with Crippen molar-refractivity contribution in [3.05, 3.63) is 65.0 Å². The largest absolute Gasteiger partial charge is 0.497 e. The van der Waals surface area contributed by atoms with Gasteiger partial charge in [-0.25, -0.2) is 13.2 Å². The molecule has 0 atom stereocenters. The summed E-state index contributed by atoms with van der Waals surface area (Å²) >= 11 is 0. The fraction of sp³-hybridized carbons (Fsp3) is 0.333. The van der Waals surface area contributed by atoms with E-state index in [1.807, 2.05) is 37.5 Å². The van der Waals surface area contributed by atoms with Crippen LogP contribution in [0.25, 0.3) is 0 Å². The lowest BCUT2D eigenvalue weighted by atomic mass is 10.1. The van der Waals surface area contributed by atoms with E-state index in [4.69, 9.17) is 4.74 Å². The molecule has 2 N–H and O–H groups in total. The molecule has 0 aliphatic rings. The van der Waals surface area contributed by atoms with E-state index in [0.29, 0.717) is 18.0 Å². The number of aromatic carboxylic acids is 1. The van der Waals surface area contributed by atoms with Crippen molar-refractivity contribution in [1.82, 2.24) is 9.78 Å². The maximum Gasteiger partial charge on any atom is 0.335 e. The molecule has 3 rings (SSSR count). The number of rotatable bonds is 10. The number of carboxylic acids is 1. The summed E-state index contributed by atoms with van der Waals surface area (Å²) in [5.74, 6) is -0.604. The number of aromatic nitrogens is 2. The third-order valence-corrected chi connectivity index (χ3v) is 7.23. The summed E-state index contributed by atoms with van der Waals surface area (Å²) in [6.45, 7) is 4.66. The predicted molar refractivity (Wildman–Crippen MR) is 131 cm³/mol. The van der Waals surface area contributed by atoms with Crippen LogP contribution in [-0.2, 0) is 23.5 Å². The van der Waals surface area contributed by atoms with Gasteiger partial charge in [-0.3, -0.25) is 9.40 Å². The number of aryl methyl sites for hydroxylation is 2. The Bertz CT molecular complexity index is 1280. The van der Waals surface area contributed by atoms with Crippen LogP contribution in [0.4, 0.5) is 11.4 Å². The third kappa shape index (κ3) is 5.51. The van der Waals surface area contributed by atoms with Gasteiger partial charge in [-0.2, -0.15) is 5.10 Å². The molecule has 1 heterocycles. The lowest BCUT2D eigenvalue weighted by Crippen LogP contribution is -2.22. The average molecular weight is 487 g/mol. The highest BCUT2D eigenvalue weighted by atomic mass is 32.2. The molecule has 1 aromatic heterocycles. The Labute approximate surface area is 200 Å². The molecule has 2 aromatic carbocycles. The molecular weight excluding hydrogens is 456 g/mol. The number of carboxylic acid groups (broad SMARTS) is 1. The zero-order chi connectivity index (χ0) is 25.0. The Morgan fingerprint density at radius 2 is 1.85 bits per heavy atom. The molecule has 3 aromatic rings. The van der Waals surface area contributed by atoms with E-state index in [0.717, 1.165) is 24.2 Å². The van der Waals surface area contributed by atoms with Gasteiger partial charge in [0.15, 0.2) is 0 Å². The number of hydrogen-bond acceptors (Lipinski definition) is 6. The average Bonchev–Trinajstić information content (AvgIpc) is 3.04. The molecule has 10 heteroatoms. The number of ether oxygens (including phenoxy) is 1. The first-order chi connectivity index (χ1) is 16.0. The lowest BCUT2D eigenvalue weighted by molar-refractivity contribution is 0.0697. The number of anilines is 2. The first kappa shape index (κ1) is 25.1. The Hall–Kier alpha value is -3.53. The maximum absolute atomic E-state index is 13.0. The normalized spacial score (nSPS) is 11.3. The van der Waals surface area contributed by atoms with Gasteiger partial charge >= 0.3 is 5.97 Å². The van der Waals surface area contributed by atoms with Gasteiger partial charge in [0.25, 0.3) is 10.0 Å². The molecule has 0 bridgehead atoms. The number of sulfonamides is 1. The zero-order valence-electron chi connectivity index (χ0n) is 20.0. The van der Waals surface area contributed by atoms with Crippen molar-refractivity contribution in [3.8, 4) is 5.75 Å². The molecular formula is C24H30N4O5S. The molecule has 182 valence electrons. The Kier molecular flexibility index (Phi) is 7.51. The van der Waals surface area contributed by atoms with Crippen LogP contribution in [0, 0.1) is 13.8 Å². The maximum atomic E-state index is 13.0. The standard InChI is InChI=1S/C24H30N4O5S/c1-16-21(17(2)28(4)25-16)7-6-14-27(3)23-13-8-18(24(29)30)15-22(23)26-34(31,32)20-11-9-19(33-5)10-12-20/h8-13,15,26H,6-7,14H2,1-5H3,(H,29,30). The zero-order valence-corrected chi connectivity index (χ0v) is 20.8. The van der Waals surface area contributed by atoms with Crippen molar-refractivity contribution in [3.63, 3.8) is 0 Å². The summed E-state index contributed by atoms with van der Waals surface area (Å²) in [4.78, 5) is 13.5. The van der Waals surface area contributed by atoms with E-state index in [-0.39, 0.29) is 16.1 Å². The van der Waals surface area contributed by atoms with Crippen molar-refractivity contribution in [1.29, 1.82) is 0 Å². The first-order valence-corrected chi connectivity index (χ1v) is 12.3. The second-order valence-electron chi connectivity index (χ2n) is 8.12. The van der Waals surface area contributed by atoms with E-state index in [9.17, 15) is 18.3 Å². The molecule has 0 amide bonds. The fourth-order valence-electron chi connectivity index (χ4n) is 3.83. The second kappa shape index (κ2) is 10.2. The highest BCUT2D eigenvalue weighted by molar-refractivity contribution is 7.92. The monoisotopic (exact) mass is 486 g/mol. The fourth-order valence-corrected chi connectivity index (χ4v) is 4.90. The molecule has 9 nitrogen and oxygen atoms in total. The van der Waals surface area contributed by atoms with Gasteiger partial charge in [0, 0.05) is 26.3 Å². The summed E-state index contributed by atoms with van der Waals surface area (Å²) in [5, 5.41) is 13.9. The SMILES string of the molecule is COc1ccc(S(=O)(=O)Nc2cc(C(=O)O)ccc2N(C)CCCc2c(C)nn(C)c2C)cc1. The van der Waals surface area contributed by atoms with Crippen LogP contribution < -0.4 is 14.4 Å². The van der Waals surface area contributed by atoms with Crippen molar-refractivity contribution in [2.45, 2.75) is 31.6 Å². The second-order valence-corrected chi connectivity index (χ2v) is 9.80. The number of nitrogens with zero attached hydrogens (tertiary/aromatic N) is 3. The number of hydrogen-bond donors (Lipinski definition) is 2. The van der Waals surface area contributed by atoms with Gasteiger partial charge in [-0.15, -0.1) is 0 Å². The molecule has 0 unspecified atom stereocenters. The number of methoxy groups -OCH3 is 1. The van der Waals surface area contributed by atoms with Gasteiger partial charge in [-0.1, -0.05) is 0 Å². The van der Waals surface area contributed by atoms with E-state index in [2.05, 4.69) is 9.82 Å². The number of carbonyl (C=O) groups is 1. The van der Waals surface area contributed by atoms with Crippen LogP contribution in [0.1, 0.15) is 33.7 Å². The van der Waals surface area contributed by atoms with Crippen molar-refractivity contribution in [2.24, 2.45) is 7.05 Å². The van der Waals surface area contributed by atoms with Gasteiger partial charge in [0.05, 0.1) is 34.6 Å². The van der Waals surface area contributed by atoms with Gasteiger partial charge in [0.2, 0.25) is 0 Å². The number of benzene rings is 2. The molecule has 0 aliphatic heterocycles. The van der Waals surface area contributed by atoms with E-state index >= 15 is 0 Å². The Morgan fingerprint density at radius 3 is 2.41 bits per heavy atom. The van der Waals surface area contributed by atoms with Crippen LogP contribution >= 0.6 is 0 Å². The molecule has 0 saturated heterocycles. The van der Waals surface area contributed by atoms with Crippen LogP contribution in [0.15, 0.2) is 47.4 Å². The van der Waals surface area contributed by atoms with Gasteiger partial charge < -0.3 is 14.7 Å². The molecule has 0 saturated carbocycles. The van der Waals surface area contributed by atoms with E-state index in [1.54, 1.807) is 18.2 Å². The van der Waals surface area contributed by atoms with Gasteiger partial charge in [-0.05, 0) is 74.7 Å². The predicted octanol–water partition coefficient (Wildman–Crippen LogP) is 3.61. The van der Waals surface area contributed by atoms with Crippen LogP contribution in [-0.4, -0.2) is 50.0 Å². The summed E-state index contributed by atoms with van der Waals surface area (Å²) in [6, 6.07) is 10.4.